The minimum Gasteiger partial charge on any atom is -0.476 e. The highest BCUT2D eigenvalue weighted by molar-refractivity contribution is 7.00. The number of hydrogen-bond donors (Lipinski definition) is 2. The Kier molecular flexibility index (Phi) is 3.17. The lowest BCUT2D eigenvalue weighted by Crippen LogP contribution is -2.03. The molecule has 2 N–H and O–H groups in total. The number of carbonyl (C=O) groups is 1. The van der Waals surface area contributed by atoms with Crippen molar-refractivity contribution < 1.29 is 9.90 Å². The average Bonchev–Trinajstić information content (AvgIpc) is 2.91. The summed E-state index contributed by atoms with van der Waals surface area (Å²) in [6.07, 6.45) is 2.48. The third-order valence-corrected chi connectivity index (χ3v) is 3.36. The number of anilines is 2. The van der Waals surface area contributed by atoms with Crippen LogP contribution in [0.1, 0.15) is 10.5 Å². The number of rotatable bonds is 3. The fraction of sp³-hybridized carbons (Fsp3) is 0. The van der Waals surface area contributed by atoms with Crippen molar-refractivity contribution in [2.24, 2.45) is 0 Å². The highest BCUT2D eigenvalue weighted by Crippen LogP contribution is 2.31. The Hall–Kier alpha value is -2.32. The molecule has 0 amide bonds. The van der Waals surface area contributed by atoms with E-state index in [9.17, 15) is 4.79 Å². The quantitative estimate of drug-likeness (QED) is 0.766. The first-order chi connectivity index (χ1) is 9.65. The first kappa shape index (κ1) is 12.7. The summed E-state index contributed by atoms with van der Waals surface area (Å²) in [4.78, 5) is 18.4. The number of hydrogen-bond acceptors (Lipinski definition) is 7. The molecule has 20 heavy (non-hydrogen) atoms. The van der Waals surface area contributed by atoms with E-state index in [4.69, 9.17) is 16.7 Å². The Morgan fingerprint density at radius 2 is 2.10 bits per heavy atom. The highest BCUT2D eigenvalue weighted by atomic mass is 35.5. The fourth-order valence-electron chi connectivity index (χ4n) is 1.58. The molecule has 0 bridgehead atoms. The van der Waals surface area contributed by atoms with Gasteiger partial charge in [0.25, 0.3) is 0 Å². The maximum Gasteiger partial charge on any atom is 0.356 e. The predicted octanol–water partition coefficient (Wildman–Crippen LogP) is 2.58. The average molecular weight is 308 g/mol. The van der Waals surface area contributed by atoms with Gasteiger partial charge in [-0.3, -0.25) is 0 Å². The van der Waals surface area contributed by atoms with Crippen molar-refractivity contribution in [2.45, 2.75) is 0 Å². The van der Waals surface area contributed by atoms with Crippen LogP contribution in [0.2, 0.25) is 5.02 Å². The Balaban J connectivity index is 1.98. The van der Waals surface area contributed by atoms with E-state index in [-0.39, 0.29) is 5.69 Å². The van der Waals surface area contributed by atoms with Crippen molar-refractivity contribution in [1.82, 2.24) is 18.7 Å². The Morgan fingerprint density at radius 1 is 1.25 bits per heavy atom. The van der Waals surface area contributed by atoms with Gasteiger partial charge in [0.05, 0.1) is 34.8 Å². The van der Waals surface area contributed by atoms with Crippen LogP contribution >= 0.6 is 23.3 Å². The molecule has 0 saturated carbocycles. The van der Waals surface area contributed by atoms with E-state index >= 15 is 0 Å². The van der Waals surface area contributed by atoms with Gasteiger partial charge >= 0.3 is 5.97 Å². The maximum absolute atomic E-state index is 10.7. The second kappa shape index (κ2) is 4.99. The zero-order valence-electron chi connectivity index (χ0n) is 9.74. The molecule has 100 valence electrons. The lowest BCUT2D eigenvalue weighted by atomic mass is 10.2. The molecule has 0 aliphatic carbocycles. The number of carboxylic acid groups (broad SMARTS) is 1. The minimum absolute atomic E-state index is 0.129. The maximum atomic E-state index is 10.7. The monoisotopic (exact) mass is 307 g/mol. The van der Waals surface area contributed by atoms with Crippen LogP contribution in [0.3, 0.4) is 0 Å². The van der Waals surface area contributed by atoms with Crippen LogP contribution in [0.25, 0.3) is 11.0 Å². The topological polar surface area (TPSA) is 101 Å². The molecular weight excluding hydrogens is 302 g/mol. The molecule has 0 aliphatic heterocycles. The largest absolute Gasteiger partial charge is 0.476 e. The number of benzene rings is 1. The summed E-state index contributed by atoms with van der Waals surface area (Å²) in [6, 6.07) is 3.47. The van der Waals surface area contributed by atoms with Crippen molar-refractivity contribution in [3.05, 3.63) is 35.2 Å². The van der Waals surface area contributed by atoms with Crippen molar-refractivity contribution in [2.75, 3.05) is 5.32 Å². The molecule has 0 aliphatic rings. The molecule has 0 unspecified atom stereocenters. The van der Waals surface area contributed by atoms with E-state index in [0.29, 0.717) is 22.0 Å². The zero-order chi connectivity index (χ0) is 14.1. The van der Waals surface area contributed by atoms with E-state index in [1.54, 1.807) is 12.1 Å². The van der Waals surface area contributed by atoms with Crippen molar-refractivity contribution >= 4 is 51.8 Å². The number of aromatic nitrogens is 4. The normalized spacial score (nSPS) is 10.7. The molecule has 1 aromatic carbocycles. The smallest absolute Gasteiger partial charge is 0.356 e. The van der Waals surface area contributed by atoms with Crippen LogP contribution in [0.4, 0.5) is 11.5 Å². The van der Waals surface area contributed by atoms with Gasteiger partial charge in [0.15, 0.2) is 5.69 Å². The lowest BCUT2D eigenvalue weighted by Gasteiger charge is -2.07. The summed E-state index contributed by atoms with van der Waals surface area (Å²) >= 11 is 7.20. The van der Waals surface area contributed by atoms with E-state index in [1.165, 1.54) is 6.20 Å². The minimum atomic E-state index is -1.13. The second-order valence-corrected chi connectivity index (χ2v) is 4.71. The molecule has 0 spiro atoms. The molecule has 0 fully saturated rings. The predicted molar refractivity (Wildman–Crippen MR) is 74.7 cm³/mol. The van der Waals surface area contributed by atoms with Crippen molar-refractivity contribution in [3.8, 4) is 0 Å². The molecule has 2 heterocycles. The van der Waals surface area contributed by atoms with E-state index in [1.807, 2.05) is 0 Å². The van der Waals surface area contributed by atoms with Crippen LogP contribution < -0.4 is 5.32 Å². The third kappa shape index (κ3) is 2.26. The number of aromatic carboxylic acids is 1. The second-order valence-electron chi connectivity index (χ2n) is 3.77. The van der Waals surface area contributed by atoms with Crippen molar-refractivity contribution in [1.29, 1.82) is 0 Å². The van der Waals surface area contributed by atoms with Gasteiger partial charge < -0.3 is 10.4 Å². The van der Waals surface area contributed by atoms with Crippen LogP contribution in [0.5, 0.6) is 0 Å². The molecule has 3 rings (SSSR count). The summed E-state index contributed by atoms with van der Waals surface area (Å²) in [7, 11) is 0. The van der Waals surface area contributed by atoms with Gasteiger partial charge in [-0.2, -0.15) is 8.75 Å². The summed E-state index contributed by atoms with van der Waals surface area (Å²) in [6.45, 7) is 0. The summed E-state index contributed by atoms with van der Waals surface area (Å²) < 4.78 is 8.28. The lowest BCUT2D eigenvalue weighted by molar-refractivity contribution is 0.0690. The van der Waals surface area contributed by atoms with E-state index in [2.05, 4.69) is 24.0 Å². The van der Waals surface area contributed by atoms with E-state index < -0.39 is 5.97 Å². The molecule has 7 nitrogen and oxygen atoms in total. The standard InChI is InChI=1S/C11H6ClN5O2S/c12-5-1-2-6-10(17-20-16-6)9(5)15-8-4-13-7(3-14-8)11(18)19/h1-4H,(H,14,15)(H,18,19). The fourth-order valence-corrected chi connectivity index (χ4v) is 2.32. The van der Waals surface area contributed by atoms with Gasteiger partial charge in [-0.15, -0.1) is 0 Å². The van der Waals surface area contributed by atoms with Gasteiger partial charge in [-0.1, -0.05) is 11.6 Å². The first-order valence-electron chi connectivity index (χ1n) is 5.38. The number of fused-ring (bicyclic) bond motifs is 1. The van der Waals surface area contributed by atoms with Crippen LogP contribution in [0.15, 0.2) is 24.5 Å². The molecule has 0 radical (unpaired) electrons. The summed E-state index contributed by atoms with van der Waals surface area (Å²) in [5.74, 6) is -0.759. The van der Waals surface area contributed by atoms with Gasteiger partial charge in [0, 0.05) is 0 Å². The van der Waals surface area contributed by atoms with Gasteiger partial charge in [0.1, 0.15) is 16.9 Å². The summed E-state index contributed by atoms with van der Waals surface area (Å²) in [5.41, 5.74) is 1.79. The van der Waals surface area contributed by atoms with Crippen molar-refractivity contribution in [3.63, 3.8) is 0 Å². The zero-order valence-corrected chi connectivity index (χ0v) is 11.3. The number of nitrogens with zero attached hydrogens (tertiary/aromatic N) is 4. The Labute approximate surface area is 121 Å². The SMILES string of the molecule is O=C(O)c1cnc(Nc2c(Cl)ccc3nsnc23)cn1. The third-order valence-electron chi connectivity index (χ3n) is 2.50. The van der Waals surface area contributed by atoms with Gasteiger partial charge in [-0.05, 0) is 12.1 Å². The molecule has 3 aromatic rings. The van der Waals surface area contributed by atoms with Crippen LogP contribution in [-0.4, -0.2) is 29.8 Å². The van der Waals surface area contributed by atoms with Crippen LogP contribution in [-0.2, 0) is 0 Å². The molecule has 2 aromatic heterocycles. The summed E-state index contributed by atoms with van der Waals surface area (Å²) in [5, 5.41) is 12.2. The molecule has 9 heteroatoms. The first-order valence-corrected chi connectivity index (χ1v) is 6.49. The van der Waals surface area contributed by atoms with Crippen LogP contribution in [0, 0.1) is 0 Å². The number of nitrogens with one attached hydrogen (secondary N) is 1. The van der Waals surface area contributed by atoms with E-state index in [0.717, 1.165) is 23.4 Å². The Morgan fingerprint density at radius 3 is 2.80 bits per heavy atom. The Bertz CT molecular complexity index is 789. The van der Waals surface area contributed by atoms with Gasteiger partial charge in [-0.25, -0.2) is 14.8 Å². The number of halogens is 1. The number of carboxylic acids is 1. The van der Waals surface area contributed by atoms with Gasteiger partial charge in [0.2, 0.25) is 0 Å². The molecule has 0 saturated heterocycles. The highest BCUT2D eigenvalue weighted by Gasteiger charge is 2.11. The molecule has 0 atom stereocenters. The molecular formula is C11H6ClN5O2S.